The van der Waals surface area contributed by atoms with Gasteiger partial charge < -0.3 is 25.2 Å². The SMILES string of the molecule is CCN1CCc2c(nc(-c3ccc(NC(=O)Nc4ccc(C(=O)N(C)C)cc4)cc3)nc2N2CC3CCC(C2)O3)C1. The largest absolute Gasteiger partial charge is 0.371 e. The van der Waals surface area contributed by atoms with Crippen molar-refractivity contribution in [2.24, 2.45) is 0 Å². The molecule has 6 rings (SSSR count). The number of ether oxygens (including phenoxy) is 1. The van der Waals surface area contributed by atoms with Crippen molar-refractivity contribution in [2.45, 2.75) is 44.9 Å². The highest BCUT2D eigenvalue weighted by molar-refractivity contribution is 6.00. The maximum Gasteiger partial charge on any atom is 0.323 e. The van der Waals surface area contributed by atoms with Crippen LogP contribution in [0.15, 0.2) is 48.5 Å². The Hall–Kier alpha value is -4.02. The molecule has 0 aliphatic carbocycles. The fourth-order valence-corrected chi connectivity index (χ4v) is 5.86. The summed E-state index contributed by atoms with van der Waals surface area (Å²) in [7, 11) is 3.41. The van der Waals surface area contributed by atoms with E-state index in [-0.39, 0.29) is 24.1 Å². The second-order valence-corrected chi connectivity index (χ2v) is 11.2. The van der Waals surface area contributed by atoms with E-state index in [1.165, 1.54) is 10.5 Å². The Kier molecular flexibility index (Phi) is 7.59. The van der Waals surface area contributed by atoms with E-state index in [0.717, 1.165) is 69.1 Å². The number of hydrogen-bond acceptors (Lipinski definition) is 7. The molecule has 214 valence electrons. The van der Waals surface area contributed by atoms with E-state index in [4.69, 9.17) is 14.7 Å². The molecule has 2 aromatic carbocycles. The maximum atomic E-state index is 12.6. The number of carbonyl (C=O) groups excluding carboxylic acids is 2. The molecule has 10 heteroatoms. The fraction of sp³-hybridized carbons (Fsp3) is 0.419. The van der Waals surface area contributed by atoms with Gasteiger partial charge >= 0.3 is 6.03 Å². The zero-order valence-electron chi connectivity index (χ0n) is 23.9. The number of fused-ring (bicyclic) bond motifs is 3. The number of rotatable bonds is 6. The van der Waals surface area contributed by atoms with Crippen LogP contribution in [0.25, 0.3) is 11.4 Å². The molecule has 2 atom stereocenters. The van der Waals surface area contributed by atoms with E-state index in [0.29, 0.717) is 22.8 Å². The summed E-state index contributed by atoms with van der Waals surface area (Å²) in [5.41, 5.74) is 5.11. The van der Waals surface area contributed by atoms with Crippen LogP contribution in [-0.4, -0.2) is 84.2 Å². The second-order valence-electron chi connectivity index (χ2n) is 11.2. The third-order valence-electron chi connectivity index (χ3n) is 8.11. The number of morpholine rings is 1. The van der Waals surface area contributed by atoms with Gasteiger partial charge in [0, 0.05) is 68.3 Å². The highest BCUT2D eigenvalue weighted by atomic mass is 16.5. The lowest BCUT2D eigenvalue weighted by Gasteiger charge is -2.36. The molecule has 3 aliphatic heterocycles. The average molecular weight is 556 g/mol. The number of aromatic nitrogens is 2. The van der Waals surface area contributed by atoms with Crippen LogP contribution in [0.4, 0.5) is 22.0 Å². The van der Waals surface area contributed by atoms with Crippen molar-refractivity contribution < 1.29 is 14.3 Å². The van der Waals surface area contributed by atoms with Gasteiger partial charge in [0.2, 0.25) is 0 Å². The first-order valence-electron chi connectivity index (χ1n) is 14.4. The molecule has 0 saturated carbocycles. The van der Waals surface area contributed by atoms with Gasteiger partial charge in [-0.25, -0.2) is 14.8 Å². The molecule has 2 unspecified atom stereocenters. The fourth-order valence-electron chi connectivity index (χ4n) is 5.86. The quantitative estimate of drug-likeness (QED) is 0.469. The highest BCUT2D eigenvalue weighted by Gasteiger charge is 2.36. The second kappa shape index (κ2) is 11.5. The smallest absolute Gasteiger partial charge is 0.323 e. The van der Waals surface area contributed by atoms with Gasteiger partial charge in [-0.2, -0.15) is 0 Å². The van der Waals surface area contributed by atoms with E-state index >= 15 is 0 Å². The lowest BCUT2D eigenvalue weighted by Crippen LogP contribution is -2.44. The molecule has 4 heterocycles. The third-order valence-corrected chi connectivity index (χ3v) is 8.11. The number of nitrogens with zero attached hydrogens (tertiary/aromatic N) is 5. The topological polar surface area (TPSA) is 103 Å². The summed E-state index contributed by atoms with van der Waals surface area (Å²) in [4.78, 5) is 41.2. The summed E-state index contributed by atoms with van der Waals surface area (Å²) < 4.78 is 6.10. The number of amides is 3. The molecule has 3 aliphatic rings. The summed E-state index contributed by atoms with van der Waals surface area (Å²) >= 11 is 0. The van der Waals surface area contributed by atoms with E-state index in [2.05, 4.69) is 27.4 Å². The van der Waals surface area contributed by atoms with Crippen molar-refractivity contribution >= 4 is 29.1 Å². The summed E-state index contributed by atoms with van der Waals surface area (Å²) in [6.07, 6.45) is 3.77. The zero-order chi connectivity index (χ0) is 28.5. The number of benzene rings is 2. The number of carbonyl (C=O) groups is 2. The standard InChI is InChI=1S/C31H37N7O3/c1-4-37-16-15-26-27(19-37)34-28(35-29(26)38-17-24-13-14-25(18-38)41-24)20-5-9-22(10-6-20)32-31(40)33-23-11-7-21(8-12-23)30(39)36(2)3/h5-12,24-25H,4,13-19H2,1-3H3,(H2,32,33,40). The van der Waals surface area contributed by atoms with Gasteiger partial charge in [-0.1, -0.05) is 6.92 Å². The molecular formula is C31H37N7O3. The van der Waals surface area contributed by atoms with Crippen molar-refractivity contribution in [3.05, 3.63) is 65.4 Å². The van der Waals surface area contributed by atoms with E-state index in [1.807, 2.05) is 24.3 Å². The number of hydrogen-bond donors (Lipinski definition) is 2. The Morgan fingerprint density at radius 3 is 2.20 bits per heavy atom. The zero-order valence-corrected chi connectivity index (χ0v) is 23.9. The summed E-state index contributed by atoms with van der Waals surface area (Å²) in [5, 5.41) is 5.68. The molecule has 0 spiro atoms. The number of urea groups is 1. The van der Waals surface area contributed by atoms with Crippen LogP contribution < -0.4 is 15.5 Å². The molecule has 10 nitrogen and oxygen atoms in total. The van der Waals surface area contributed by atoms with E-state index < -0.39 is 0 Å². The highest BCUT2D eigenvalue weighted by Crippen LogP contribution is 2.34. The van der Waals surface area contributed by atoms with Crippen LogP contribution in [-0.2, 0) is 17.7 Å². The molecule has 0 radical (unpaired) electrons. The van der Waals surface area contributed by atoms with Gasteiger partial charge in [0.15, 0.2) is 5.82 Å². The maximum absolute atomic E-state index is 12.6. The van der Waals surface area contributed by atoms with Crippen LogP contribution in [0.3, 0.4) is 0 Å². The first-order chi connectivity index (χ1) is 19.9. The van der Waals surface area contributed by atoms with Crippen LogP contribution in [0.1, 0.15) is 41.4 Å². The normalized spacial score (nSPS) is 19.9. The molecule has 3 amide bonds. The van der Waals surface area contributed by atoms with Gasteiger partial charge in [0.1, 0.15) is 5.82 Å². The van der Waals surface area contributed by atoms with Crippen LogP contribution >= 0.6 is 0 Å². The van der Waals surface area contributed by atoms with Gasteiger partial charge in [-0.05, 0) is 74.3 Å². The third kappa shape index (κ3) is 5.89. The Morgan fingerprint density at radius 1 is 0.951 bits per heavy atom. The van der Waals surface area contributed by atoms with Crippen molar-refractivity contribution in [1.82, 2.24) is 19.8 Å². The van der Waals surface area contributed by atoms with Crippen molar-refractivity contribution in [2.75, 3.05) is 55.8 Å². The minimum absolute atomic E-state index is 0.0872. The first-order valence-corrected chi connectivity index (χ1v) is 14.4. The predicted octanol–water partition coefficient (Wildman–Crippen LogP) is 4.24. The summed E-state index contributed by atoms with van der Waals surface area (Å²) in [6.45, 7) is 6.80. The molecule has 41 heavy (non-hydrogen) atoms. The minimum atomic E-state index is -0.363. The lowest BCUT2D eigenvalue weighted by molar-refractivity contribution is 0.0301. The summed E-state index contributed by atoms with van der Waals surface area (Å²) in [6, 6.07) is 14.1. The van der Waals surface area contributed by atoms with Gasteiger partial charge in [-0.15, -0.1) is 0 Å². The van der Waals surface area contributed by atoms with Crippen LogP contribution in [0.2, 0.25) is 0 Å². The lowest BCUT2D eigenvalue weighted by atomic mass is 10.0. The first kappa shape index (κ1) is 27.2. The Balaban J connectivity index is 1.18. The number of anilines is 3. The minimum Gasteiger partial charge on any atom is -0.371 e. The van der Waals surface area contributed by atoms with Crippen molar-refractivity contribution in [1.29, 1.82) is 0 Å². The van der Waals surface area contributed by atoms with Gasteiger partial charge in [0.05, 0.1) is 17.9 Å². The van der Waals surface area contributed by atoms with Gasteiger partial charge in [0.25, 0.3) is 5.91 Å². The molecule has 2 saturated heterocycles. The Morgan fingerprint density at radius 2 is 1.59 bits per heavy atom. The monoisotopic (exact) mass is 555 g/mol. The van der Waals surface area contributed by atoms with Crippen LogP contribution in [0.5, 0.6) is 0 Å². The number of likely N-dealkylation sites (N-methyl/N-ethyl adjacent to an activating group) is 1. The van der Waals surface area contributed by atoms with Crippen molar-refractivity contribution in [3.8, 4) is 11.4 Å². The van der Waals surface area contributed by atoms with Crippen LogP contribution in [0, 0.1) is 0 Å². The van der Waals surface area contributed by atoms with E-state index in [1.54, 1.807) is 38.4 Å². The molecule has 1 aromatic heterocycles. The van der Waals surface area contributed by atoms with Gasteiger partial charge in [-0.3, -0.25) is 9.69 Å². The summed E-state index contributed by atoms with van der Waals surface area (Å²) in [5.74, 6) is 1.68. The average Bonchev–Trinajstić information content (AvgIpc) is 3.33. The van der Waals surface area contributed by atoms with E-state index in [9.17, 15) is 9.59 Å². The Bertz CT molecular complexity index is 1410. The molecule has 2 fully saturated rings. The molecular weight excluding hydrogens is 518 g/mol. The predicted molar refractivity (Wildman–Crippen MR) is 159 cm³/mol. The molecule has 3 aromatic rings. The molecule has 2 N–H and O–H groups in total. The molecule has 2 bridgehead atoms. The number of nitrogens with one attached hydrogen (secondary N) is 2. The van der Waals surface area contributed by atoms with Crippen molar-refractivity contribution in [3.63, 3.8) is 0 Å². The Labute approximate surface area is 240 Å².